The van der Waals surface area contributed by atoms with Crippen LogP contribution in [0.2, 0.25) is 0 Å². The van der Waals surface area contributed by atoms with Gasteiger partial charge in [-0.15, -0.1) is 11.3 Å². The number of carbonyl (C=O) groups excluding carboxylic acids is 1. The normalized spacial score (nSPS) is 31.3. The van der Waals surface area contributed by atoms with Gasteiger partial charge in [0.25, 0.3) is 0 Å². The molecule has 0 radical (unpaired) electrons. The van der Waals surface area contributed by atoms with Crippen molar-refractivity contribution in [3.05, 3.63) is 36.2 Å². The third-order valence-electron chi connectivity index (χ3n) is 6.60. The van der Waals surface area contributed by atoms with Gasteiger partial charge in [0.1, 0.15) is 5.00 Å². The van der Waals surface area contributed by atoms with Crippen LogP contribution in [0.25, 0.3) is 10.4 Å². The minimum absolute atomic E-state index is 0.0397. The number of aromatic carboxylic acids is 1. The van der Waals surface area contributed by atoms with E-state index in [1.54, 1.807) is 18.5 Å². The van der Waals surface area contributed by atoms with E-state index in [9.17, 15) is 14.7 Å². The molecule has 4 aliphatic carbocycles. The van der Waals surface area contributed by atoms with E-state index in [0.29, 0.717) is 22.8 Å². The zero-order chi connectivity index (χ0) is 17.9. The molecular formula is C20H20N2O3S. The quantitative estimate of drug-likeness (QED) is 0.844. The number of carbonyl (C=O) groups is 2. The SMILES string of the molecule is O=C(O)c1cc(-c2ccncc2)sc1NC(=O)C12CC3CC(CC1C3)C2. The lowest BCUT2D eigenvalue weighted by molar-refractivity contribution is -0.127. The highest BCUT2D eigenvalue weighted by Crippen LogP contribution is 2.65. The van der Waals surface area contributed by atoms with Crippen molar-refractivity contribution >= 4 is 28.2 Å². The van der Waals surface area contributed by atoms with Crippen LogP contribution in [-0.4, -0.2) is 22.0 Å². The van der Waals surface area contributed by atoms with Crippen molar-refractivity contribution in [2.75, 3.05) is 5.32 Å². The van der Waals surface area contributed by atoms with E-state index in [1.807, 2.05) is 12.1 Å². The summed E-state index contributed by atoms with van der Waals surface area (Å²) in [5.74, 6) is 0.893. The molecule has 4 bridgehead atoms. The zero-order valence-corrected chi connectivity index (χ0v) is 15.1. The number of aromatic nitrogens is 1. The largest absolute Gasteiger partial charge is 0.478 e. The molecule has 0 aromatic carbocycles. The third-order valence-corrected chi connectivity index (χ3v) is 7.70. The first-order chi connectivity index (χ1) is 12.5. The molecular weight excluding hydrogens is 348 g/mol. The number of hydrogen-bond acceptors (Lipinski definition) is 4. The molecule has 0 spiro atoms. The van der Waals surface area contributed by atoms with E-state index in [-0.39, 0.29) is 16.9 Å². The van der Waals surface area contributed by atoms with Gasteiger partial charge in [-0.3, -0.25) is 9.78 Å². The van der Waals surface area contributed by atoms with Gasteiger partial charge in [0.2, 0.25) is 5.91 Å². The number of pyridine rings is 1. The standard InChI is InChI=1S/C20H20N2O3S/c23-18(24)15-8-16(13-1-3-21-4-2-13)26-17(15)22-19(25)20-9-11-5-12(10-20)7-14(20)6-11/h1-4,8,11-12,14H,5-7,9-10H2,(H,22,25)(H,23,24). The number of nitrogens with zero attached hydrogens (tertiary/aromatic N) is 1. The highest BCUT2D eigenvalue weighted by molar-refractivity contribution is 7.20. The van der Waals surface area contributed by atoms with Crippen molar-refractivity contribution in [1.82, 2.24) is 4.98 Å². The van der Waals surface area contributed by atoms with Crippen LogP contribution in [0, 0.1) is 23.2 Å². The van der Waals surface area contributed by atoms with Crippen LogP contribution in [0.5, 0.6) is 0 Å². The Morgan fingerprint density at radius 1 is 1.15 bits per heavy atom. The van der Waals surface area contributed by atoms with Crippen molar-refractivity contribution < 1.29 is 14.7 Å². The van der Waals surface area contributed by atoms with Gasteiger partial charge < -0.3 is 10.4 Å². The lowest BCUT2D eigenvalue weighted by Crippen LogP contribution is -2.37. The monoisotopic (exact) mass is 368 g/mol. The van der Waals surface area contributed by atoms with E-state index in [1.165, 1.54) is 30.6 Å². The molecule has 2 unspecified atom stereocenters. The second-order valence-electron chi connectivity index (χ2n) is 8.05. The highest BCUT2D eigenvalue weighted by atomic mass is 32.1. The predicted octanol–water partition coefficient (Wildman–Crippen LogP) is 4.27. The summed E-state index contributed by atoms with van der Waals surface area (Å²) in [7, 11) is 0. The lowest BCUT2D eigenvalue weighted by Gasteiger charge is -2.31. The molecule has 6 heteroatoms. The maximum absolute atomic E-state index is 13.2. The van der Waals surface area contributed by atoms with Gasteiger partial charge in [-0.2, -0.15) is 0 Å². The maximum atomic E-state index is 13.2. The summed E-state index contributed by atoms with van der Waals surface area (Å²) in [5.41, 5.74) is 0.820. The summed E-state index contributed by atoms with van der Waals surface area (Å²) in [6.45, 7) is 0. The molecule has 4 saturated carbocycles. The fourth-order valence-electron chi connectivity index (χ4n) is 5.70. The Morgan fingerprint density at radius 3 is 2.50 bits per heavy atom. The Labute approximate surface area is 155 Å². The molecule has 0 saturated heterocycles. The van der Waals surface area contributed by atoms with Gasteiger partial charge in [0.15, 0.2) is 0 Å². The highest BCUT2D eigenvalue weighted by Gasteiger charge is 2.61. The minimum Gasteiger partial charge on any atom is -0.478 e. The third kappa shape index (κ3) is 2.31. The smallest absolute Gasteiger partial charge is 0.338 e. The van der Waals surface area contributed by atoms with Crippen LogP contribution >= 0.6 is 11.3 Å². The molecule has 0 aliphatic heterocycles. The van der Waals surface area contributed by atoms with Crippen LogP contribution < -0.4 is 5.32 Å². The molecule has 5 nitrogen and oxygen atoms in total. The number of thiophene rings is 1. The summed E-state index contributed by atoms with van der Waals surface area (Å²) in [6, 6.07) is 5.34. The van der Waals surface area contributed by atoms with Gasteiger partial charge in [-0.1, -0.05) is 0 Å². The molecule has 134 valence electrons. The van der Waals surface area contributed by atoms with Gasteiger partial charge in [-0.05, 0) is 73.6 Å². The molecule has 6 rings (SSSR count). The van der Waals surface area contributed by atoms with Crippen LogP contribution in [0.1, 0.15) is 42.5 Å². The number of anilines is 1. The fraction of sp³-hybridized carbons (Fsp3) is 0.450. The number of hydrogen-bond donors (Lipinski definition) is 2. The van der Waals surface area contributed by atoms with E-state index in [4.69, 9.17) is 0 Å². The summed E-state index contributed by atoms with van der Waals surface area (Å²) >= 11 is 1.33. The van der Waals surface area contributed by atoms with E-state index >= 15 is 0 Å². The van der Waals surface area contributed by atoms with Crippen molar-refractivity contribution in [2.24, 2.45) is 23.2 Å². The molecule has 26 heavy (non-hydrogen) atoms. The van der Waals surface area contributed by atoms with E-state index in [0.717, 1.165) is 23.3 Å². The average molecular weight is 368 g/mol. The van der Waals surface area contributed by atoms with Crippen LogP contribution in [-0.2, 0) is 4.79 Å². The summed E-state index contributed by atoms with van der Waals surface area (Å²) in [4.78, 5) is 29.7. The second kappa shape index (κ2) is 5.64. The Kier molecular flexibility index (Phi) is 3.47. The number of rotatable bonds is 4. The van der Waals surface area contributed by atoms with Crippen molar-refractivity contribution in [1.29, 1.82) is 0 Å². The van der Waals surface area contributed by atoms with Gasteiger partial charge in [0, 0.05) is 17.3 Å². The first-order valence-electron chi connectivity index (χ1n) is 9.14. The molecule has 2 atom stereocenters. The summed E-state index contributed by atoms with van der Waals surface area (Å²) in [5, 5.41) is 13.0. The Balaban J connectivity index is 1.46. The topological polar surface area (TPSA) is 79.3 Å². The summed E-state index contributed by atoms with van der Waals surface area (Å²) < 4.78 is 0. The molecule has 2 aromatic heterocycles. The van der Waals surface area contributed by atoms with E-state index in [2.05, 4.69) is 10.3 Å². The Hall–Kier alpha value is -2.21. The Bertz CT molecular complexity index is 878. The van der Waals surface area contributed by atoms with Crippen molar-refractivity contribution in [2.45, 2.75) is 32.1 Å². The molecule has 1 amide bonds. The van der Waals surface area contributed by atoms with Crippen LogP contribution in [0.4, 0.5) is 5.00 Å². The van der Waals surface area contributed by atoms with E-state index < -0.39 is 5.97 Å². The molecule has 2 aromatic rings. The van der Waals surface area contributed by atoms with Crippen molar-refractivity contribution in [3.63, 3.8) is 0 Å². The minimum atomic E-state index is -1.01. The van der Waals surface area contributed by atoms with Gasteiger partial charge in [0.05, 0.1) is 11.0 Å². The zero-order valence-electron chi connectivity index (χ0n) is 14.3. The number of carboxylic acids is 1. The van der Waals surface area contributed by atoms with Crippen LogP contribution in [0.3, 0.4) is 0 Å². The second-order valence-corrected chi connectivity index (χ2v) is 9.10. The average Bonchev–Trinajstić information content (AvgIpc) is 3.23. The Morgan fingerprint density at radius 2 is 1.85 bits per heavy atom. The summed E-state index contributed by atoms with van der Waals surface area (Å²) in [6.07, 6.45) is 8.93. The lowest BCUT2D eigenvalue weighted by atomic mass is 9.75. The first-order valence-corrected chi connectivity index (χ1v) is 9.96. The number of amides is 1. The molecule has 2 N–H and O–H groups in total. The predicted molar refractivity (Wildman–Crippen MR) is 99.1 cm³/mol. The first kappa shape index (κ1) is 16.0. The van der Waals surface area contributed by atoms with Crippen molar-refractivity contribution in [3.8, 4) is 10.4 Å². The molecule has 4 fully saturated rings. The van der Waals surface area contributed by atoms with Crippen LogP contribution in [0.15, 0.2) is 30.6 Å². The fourth-order valence-corrected chi connectivity index (χ4v) is 6.75. The maximum Gasteiger partial charge on any atom is 0.338 e. The number of carboxylic acid groups (broad SMARTS) is 1. The number of nitrogens with one attached hydrogen (secondary N) is 1. The molecule has 2 heterocycles. The van der Waals surface area contributed by atoms with Gasteiger partial charge in [-0.25, -0.2) is 4.79 Å². The molecule has 4 aliphatic rings. The van der Waals surface area contributed by atoms with Gasteiger partial charge >= 0.3 is 5.97 Å².